The van der Waals surface area contributed by atoms with Crippen molar-refractivity contribution in [3.8, 4) is 0 Å². The summed E-state index contributed by atoms with van der Waals surface area (Å²) in [5, 5.41) is 0. The lowest BCUT2D eigenvalue weighted by Gasteiger charge is -2.37. The number of carbonyl (C=O) groups excluding carboxylic acids is 1. The van der Waals surface area contributed by atoms with Crippen molar-refractivity contribution < 1.29 is 9.53 Å². The Morgan fingerprint density at radius 2 is 1.70 bits per heavy atom. The molecule has 4 rings (SSSR count). The number of esters is 1. The number of para-hydroxylation sites is 2. The molecule has 2 aromatic rings. The Bertz CT molecular complexity index is 818. The van der Waals surface area contributed by atoms with E-state index in [1.165, 1.54) is 22.5 Å². The smallest absolute Gasteiger partial charge is 0.310 e. The van der Waals surface area contributed by atoms with Gasteiger partial charge in [0.05, 0.1) is 12.5 Å². The van der Waals surface area contributed by atoms with Gasteiger partial charge in [0, 0.05) is 30.5 Å². The number of hydrogen-bond donors (Lipinski definition) is 0. The molecule has 30 heavy (non-hydrogen) atoms. The van der Waals surface area contributed by atoms with E-state index in [0.29, 0.717) is 12.6 Å². The standard InChI is InChI=1S/C26H34N2O2/c1-3-30-26(29)23-11-8-17-27(19-23)20(2)16-18-28-24-12-6-4-9-21(24)14-15-22-10-5-7-13-25(22)28/h4-7,9-10,12-13,20,23H,3,8,11,14-19H2,1-2H3/t20?,23-/m1/s1. The third-order valence-electron chi connectivity index (χ3n) is 6.70. The van der Waals surface area contributed by atoms with E-state index in [4.69, 9.17) is 4.74 Å². The summed E-state index contributed by atoms with van der Waals surface area (Å²) in [4.78, 5) is 17.2. The Morgan fingerprint density at radius 3 is 2.33 bits per heavy atom. The molecule has 2 aliphatic heterocycles. The first-order chi connectivity index (χ1) is 14.7. The number of benzene rings is 2. The number of piperidine rings is 1. The van der Waals surface area contributed by atoms with Gasteiger partial charge in [-0.2, -0.15) is 0 Å². The average molecular weight is 407 g/mol. The van der Waals surface area contributed by atoms with Crippen LogP contribution in [0, 0.1) is 5.92 Å². The Hall–Kier alpha value is -2.33. The minimum Gasteiger partial charge on any atom is -0.466 e. The van der Waals surface area contributed by atoms with Crippen molar-refractivity contribution in [2.75, 3.05) is 31.1 Å². The Morgan fingerprint density at radius 1 is 1.07 bits per heavy atom. The van der Waals surface area contributed by atoms with Crippen LogP contribution in [0.2, 0.25) is 0 Å². The second-order valence-corrected chi connectivity index (χ2v) is 8.63. The summed E-state index contributed by atoms with van der Waals surface area (Å²) in [6.07, 6.45) is 5.27. The van der Waals surface area contributed by atoms with Gasteiger partial charge in [0.2, 0.25) is 0 Å². The lowest BCUT2D eigenvalue weighted by atomic mass is 9.96. The van der Waals surface area contributed by atoms with E-state index >= 15 is 0 Å². The summed E-state index contributed by atoms with van der Waals surface area (Å²) in [5.41, 5.74) is 5.55. The molecule has 0 bridgehead atoms. The van der Waals surface area contributed by atoms with Crippen molar-refractivity contribution in [2.45, 2.75) is 52.0 Å². The molecular weight excluding hydrogens is 372 g/mol. The number of ether oxygens (including phenoxy) is 1. The molecule has 0 aromatic heterocycles. The largest absolute Gasteiger partial charge is 0.466 e. The van der Waals surface area contributed by atoms with Gasteiger partial charge in [0.15, 0.2) is 0 Å². The Balaban J connectivity index is 1.47. The zero-order valence-electron chi connectivity index (χ0n) is 18.3. The Labute approximate surface area is 180 Å². The summed E-state index contributed by atoms with van der Waals surface area (Å²) in [6.45, 7) is 7.55. The summed E-state index contributed by atoms with van der Waals surface area (Å²) < 4.78 is 5.28. The van der Waals surface area contributed by atoms with Crippen LogP contribution in [0.1, 0.15) is 44.2 Å². The number of fused-ring (bicyclic) bond motifs is 2. The third-order valence-corrected chi connectivity index (χ3v) is 6.70. The molecule has 2 aromatic carbocycles. The molecule has 0 aliphatic carbocycles. The van der Waals surface area contributed by atoms with Crippen LogP contribution in [0.5, 0.6) is 0 Å². The first-order valence-corrected chi connectivity index (χ1v) is 11.5. The van der Waals surface area contributed by atoms with E-state index in [-0.39, 0.29) is 11.9 Å². The van der Waals surface area contributed by atoms with E-state index in [1.807, 2.05) is 6.92 Å². The predicted molar refractivity (Wildman–Crippen MR) is 122 cm³/mol. The molecule has 1 saturated heterocycles. The SMILES string of the molecule is CCOC(=O)[C@@H]1CCCN(C(C)CCN2c3ccccc3CCc3ccccc32)C1. The fourth-order valence-corrected chi connectivity index (χ4v) is 4.97. The highest BCUT2D eigenvalue weighted by molar-refractivity contribution is 5.73. The molecule has 4 nitrogen and oxygen atoms in total. The summed E-state index contributed by atoms with van der Waals surface area (Å²) >= 11 is 0. The molecule has 0 saturated carbocycles. The van der Waals surface area contributed by atoms with Gasteiger partial charge in [-0.3, -0.25) is 9.69 Å². The fourth-order valence-electron chi connectivity index (χ4n) is 4.97. The normalized spacial score (nSPS) is 20.1. The van der Waals surface area contributed by atoms with E-state index in [2.05, 4.69) is 65.3 Å². The van der Waals surface area contributed by atoms with Crippen LogP contribution in [0.15, 0.2) is 48.5 Å². The lowest BCUT2D eigenvalue weighted by molar-refractivity contribution is -0.150. The molecule has 2 atom stereocenters. The van der Waals surface area contributed by atoms with Gasteiger partial charge in [0.1, 0.15) is 0 Å². The topological polar surface area (TPSA) is 32.8 Å². The molecule has 160 valence electrons. The molecule has 2 aliphatic rings. The first-order valence-electron chi connectivity index (χ1n) is 11.5. The van der Waals surface area contributed by atoms with E-state index in [1.54, 1.807) is 0 Å². The van der Waals surface area contributed by atoms with Crippen LogP contribution in [-0.4, -0.2) is 43.2 Å². The highest BCUT2D eigenvalue weighted by Gasteiger charge is 2.29. The maximum Gasteiger partial charge on any atom is 0.310 e. The van der Waals surface area contributed by atoms with Crippen LogP contribution >= 0.6 is 0 Å². The highest BCUT2D eigenvalue weighted by atomic mass is 16.5. The third kappa shape index (κ3) is 4.54. The van der Waals surface area contributed by atoms with Crippen LogP contribution in [-0.2, 0) is 22.4 Å². The quantitative estimate of drug-likeness (QED) is 0.634. The zero-order valence-corrected chi connectivity index (χ0v) is 18.3. The van der Waals surface area contributed by atoms with Crippen molar-refractivity contribution in [3.63, 3.8) is 0 Å². The van der Waals surface area contributed by atoms with Crippen LogP contribution < -0.4 is 4.90 Å². The van der Waals surface area contributed by atoms with Crippen LogP contribution in [0.3, 0.4) is 0 Å². The van der Waals surface area contributed by atoms with Crippen LogP contribution in [0.25, 0.3) is 0 Å². The van der Waals surface area contributed by atoms with E-state index < -0.39 is 0 Å². The molecule has 0 amide bonds. The molecule has 1 unspecified atom stereocenters. The maximum atomic E-state index is 12.2. The van der Waals surface area contributed by atoms with E-state index in [0.717, 1.165) is 51.7 Å². The summed E-state index contributed by atoms with van der Waals surface area (Å²) in [7, 11) is 0. The number of hydrogen-bond acceptors (Lipinski definition) is 4. The second kappa shape index (κ2) is 9.65. The zero-order chi connectivity index (χ0) is 20.9. The number of anilines is 2. The van der Waals surface area contributed by atoms with Crippen molar-refractivity contribution in [3.05, 3.63) is 59.7 Å². The fraction of sp³-hybridized carbons (Fsp3) is 0.500. The average Bonchev–Trinajstić information content (AvgIpc) is 2.94. The van der Waals surface area contributed by atoms with Gasteiger partial charge in [0.25, 0.3) is 0 Å². The van der Waals surface area contributed by atoms with Gasteiger partial charge in [-0.1, -0.05) is 36.4 Å². The molecule has 4 heteroatoms. The van der Waals surface area contributed by atoms with Gasteiger partial charge in [-0.15, -0.1) is 0 Å². The minimum atomic E-state index is -0.0234. The second-order valence-electron chi connectivity index (χ2n) is 8.63. The molecule has 1 fully saturated rings. The summed E-state index contributed by atoms with van der Waals surface area (Å²) in [5.74, 6) is 0.00515. The molecular formula is C26H34N2O2. The van der Waals surface area contributed by atoms with Gasteiger partial charge in [-0.05, 0) is 75.8 Å². The lowest BCUT2D eigenvalue weighted by Crippen LogP contribution is -2.44. The Kier molecular flexibility index (Phi) is 6.73. The number of nitrogens with zero attached hydrogens (tertiary/aromatic N) is 2. The van der Waals surface area contributed by atoms with Crippen molar-refractivity contribution in [1.82, 2.24) is 4.90 Å². The van der Waals surface area contributed by atoms with Crippen molar-refractivity contribution >= 4 is 17.3 Å². The highest BCUT2D eigenvalue weighted by Crippen LogP contribution is 2.36. The van der Waals surface area contributed by atoms with E-state index in [9.17, 15) is 4.79 Å². The maximum absolute atomic E-state index is 12.2. The number of rotatable bonds is 6. The molecule has 2 heterocycles. The molecule has 0 radical (unpaired) electrons. The predicted octanol–water partition coefficient (Wildman–Crippen LogP) is 4.98. The number of aryl methyl sites for hydroxylation is 2. The summed E-state index contributed by atoms with van der Waals surface area (Å²) in [6, 6.07) is 18.1. The monoisotopic (exact) mass is 406 g/mol. The van der Waals surface area contributed by atoms with Crippen molar-refractivity contribution in [2.24, 2.45) is 5.92 Å². The number of carbonyl (C=O) groups is 1. The van der Waals surface area contributed by atoms with Crippen molar-refractivity contribution in [1.29, 1.82) is 0 Å². The van der Waals surface area contributed by atoms with Gasteiger partial charge in [-0.25, -0.2) is 0 Å². The first kappa shape index (κ1) is 20.9. The molecule has 0 N–H and O–H groups in total. The van der Waals surface area contributed by atoms with Gasteiger partial charge < -0.3 is 9.64 Å². The minimum absolute atomic E-state index is 0.0234. The number of likely N-dealkylation sites (tertiary alicyclic amines) is 1. The van der Waals surface area contributed by atoms with Crippen LogP contribution in [0.4, 0.5) is 11.4 Å². The molecule has 0 spiro atoms. The van der Waals surface area contributed by atoms with Gasteiger partial charge >= 0.3 is 5.97 Å².